The van der Waals surface area contributed by atoms with Gasteiger partial charge in [0.1, 0.15) is 5.82 Å². The number of hydrogen-bond donors (Lipinski definition) is 0. The van der Waals surface area contributed by atoms with E-state index in [-0.39, 0.29) is 5.56 Å². The van der Waals surface area contributed by atoms with Gasteiger partial charge >= 0.3 is 0 Å². The normalized spacial score (nSPS) is 11.0. The average Bonchev–Trinajstić information content (AvgIpc) is 2.49. The van der Waals surface area contributed by atoms with Gasteiger partial charge in [-0.05, 0) is 36.8 Å². The summed E-state index contributed by atoms with van der Waals surface area (Å²) in [6.45, 7) is 1.99. The van der Waals surface area contributed by atoms with E-state index in [0.717, 1.165) is 15.7 Å². The highest BCUT2D eigenvalue weighted by molar-refractivity contribution is 9.10. The number of aromatic nitrogens is 2. The number of hydrogen-bond acceptors (Lipinski definition) is 2. The molecule has 21 heavy (non-hydrogen) atoms. The Kier molecular flexibility index (Phi) is 3.95. The molecule has 0 atom stereocenters. The quantitative estimate of drug-likeness (QED) is 0.592. The van der Waals surface area contributed by atoms with Gasteiger partial charge in [0.2, 0.25) is 0 Å². The number of para-hydroxylation sites is 1. The predicted octanol–water partition coefficient (Wildman–Crippen LogP) is 4.35. The van der Waals surface area contributed by atoms with Gasteiger partial charge in [-0.2, -0.15) is 0 Å². The van der Waals surface area contributed by atoms with Gasteiger partial charge in [0.25, 0.3) is 5.56 Å². The Morgan fingerprint density at radius 1 is 1.19 bits per heavy atom. The molecule has 0 aliphatic carbocycles. The van der Waals surface area contributed by atoms with Crippen molar-refractivity contribution >= 4 is 42.8 Å². The zero-order valence-electron chi connectivity index (χ0n) is 11.3. The second-order valence-corrected chi connectivity index (χ2v) is 6.23. The largest absolute Gasteiger partial charge is 0.268 e. The SMILES string of the molecule is Cc1ccccc1-n1c(CBr)nc2ccc(Br)cc2c1=O. The van der Waals surface area contributed by atoms with Crippen LogP contribution in [0.15, 0.2) is 51.7 Å². The molecule has 0 saturated heterocycles. The smallest absolute Gasteiger partial charge is 0.266 e. The fourth-order valence-corrected chi connectivity index (χ4v) is 3.09. The summed E-state index contributed by atoms with van der Waals surface area (Å²) in [5, 5.41) is 1.13. The van der Waals surface area contributed by atoms with Crippen molar-refractivity contribution in [3.8, 4) is 5.69 Å². The lowest BCUT2D eigenvalue weighted by Crippen LogP contribution is -2.24. The van der Waals surface area contributed by atoms with E-state index in [4.69, 9.17) is 0 Å². The van der Waals surface area contributed by atoms with Gasteiger partial charge < -0.3 is 0 Å². The Balaban J connectivity index is 2.44. The van der Waals surface area contributed by atoms with Crippen LogP contribution in [0.25, 0.3) is 16.6 Å². The van der Waals surface area contributed by atoms with Gasteiger partial charge in [-0.25, -0.2) is 4.98 Å². The molecule has 3 nitrogen and oxygen atoms in total. The molecule has 0 N–H and O–H groups in total. The second-order valence-electron chi connectivity index (χ2n) is 4.75. The van der Waals surface area contributed by atoms with Crippen LogP contribution >= 0.6 is 31.9 Å². The van der Waals surface area contributed by atoms with Crippen LogP contribution in [0.4, 0.5) is 0 Å². The van der Waals surface area contributed by atoms with Crippen molar-refractivity contribution in [2.45, 2.75) is 12.3 Å². The molecule has 0 spiro atoms. The Morgan fingerprint density at radius 3 is 2.67 bits per heavy atom. The number of fused-ring (bicyclic) bond motifs is 1. The van der Waals surface area contributed by atoms with Gasteiger partial charge in [0.05, 0.1) is 21.9 Å². The summed E-state index contributed by atoms with van der Waals surface area (Å²) < 4.78 is 2.55. The molecule has 0 unspecified atom stereocenters. The maximum atomic E-state index is 12.9. The van der Waals surface area contributed by atoms with E-state index in [1.807, 2.05) is 49.4 Å². The lowest BCUT2D eigenvalue weighted by atomic mass is 10.2. The number of aryl methyl sites for hydroxylation is 1. The Bertz CT molecular complexity index is 887. The van der Waals surface area contributed by atoms with E-state index < -0.39 is 0 Å². The Hall–Kier alpha value is -1.46. The fraction of sp³-hybridized carbons (Fsp3) is 0.125. The molecule has 1 aromatic heterocycles. The summed E-state index contributed by atoms with van der Waals surface area (Å²) in [7, 11) is 0. The van der Waals surface area contributed by atoms with Gasteiger partial charge in [0.15, 0.2) is 0 Å². The minimum atomic E-state index is -0.0509. The lowest BCUT2D eigenvalue weighted by molar-refractivity contribution is 0.881. The monoisotopic (exact) mass is 406 g/mol. The molecule has 1 heterocycles. The highest BCUT2D eigenvalue weighted by Crippen LogP contribution is 2.20. The van der Waals surface area contributed by atoms with E-state index in [9.17, 15) is 4.79 Å². The molecule has 106 valence electrons. The van der Waals surface area contributed by atoms with Crippen molar-refractivity contribution in [1.29, 1.82) is 0 Å². The molecule has 0 fully saturated rings. The maximum Gasteiger partial charge on any atom is 0.266 e. The third-order valence-corrected chi connectivity index (χ3v) is 4.37. The van der Waals surface area contributed by atoms with E-state index in [0.29, 0.717) is 22.1 Å². The minimum Gasteiger partial charge on any atom is -0.268 e. The molecule has 2 aromatic carbocycles. The van der Waals surface area contributed by atoms with E-state index in [1.54, 1.807) is 4.57 Å². The number of rotatable bonds is 2. The third kappa shape index (κ3) is 2.56. The second kappa shape index (κ2) is 5.73. The molecular formula is C16H12Br2N2O. The van der Waals surface area contributed by atoms with Crippen molar-refractivity contribution in [3.63, 3.8) is 0 Å². The van der Waals surface area contributed by atoms with Crippen LogP contribution in [0, 0.1) is 6.92 Å². The molecule has 3 rings (SSSR count). The summed E-state index contributed by atoms with van der Waals surface area (Å²) in [6, 6.07) is 13.4. The van der Waals surface area contributed by atoms with Crippen molar-refractivity contribution < 1.29 is 0 Å². The molecule has 0 radical (unpaired) electrons. The van der Waals surface area contributed by atoms with Crippen LogP contribution < -0.4 is 5.56 Å². The predicted molar refractivity (Wildman–Crippen MR) is 92.4 cm³/mol. The van der Waals surface area contributed by atoms with Crippen molar-refractivity contribution in [2.24, 2.45) is 0 Å². The van der Waals surface area contributed by atoms with Gasteiger partial charge in [0, 0.05) is 4.47 Å². The zero-order chi connectivity index (χ0) is 15.0. The highest BCUT2D eigenvalue weighted by atomic mass is 79.9. The summed E-state index contributed by atoms with van der Waals surface area (Å²) in [5.41, 5.74) is 2.57. The van der Waals surface area contributed by atoms with Crippen molar-refractivity contribution in [2.75, 3.05) is 0 Å². The van der Waals surface area contributed by atoms with Crippen LogP contribution in [0.3, 0.4) is 0 Å². The average molecular weight is 408 g/mol. The fourth-order valence-electron chi connectivity index (χ4n) is 2.36. The van der Waals surface area contributed by atoms with Crippen molar-refractivity contribution in [1.82, 2.24) is 9.55 Å². The lowest BCUT2D eigenvalue weighted by Gasteiger charge is -2.14. The van der Waals surface area contributed by atoms with E-state index in [1.165, 1.54) is 0 Å². The Labute approximate surface area is 138 Å². The first-order chi connectivity index (χ1) is 10.1. The third-order valence-electron chi connectivity index (χ3n) is 3.38. The van der Waals surface area contributed by atoms with Crippen LogP contribution in [0.1, 0.15) is 11.4 Å². The van der Waals surface area contributed by atoms with Gasteiger partial charge in [-0.15, -0.1) is 0 Å². The first-order valence-corrected chi connectivity index (χ1v) is 8.36. The molecule has 5 heteroatoms. The minimum absolute atomic E-state index is 0.0509. The number of benzene rings is 2. The van der Waals surface area contributed by atoms with E-state index in [2.05, 4.69) is 36.8 Å². The maximum absolute atomic E-state index is 12.9. The molecule has 0 bridgehead atoms. The molecule has 0 aliphatic heterocycles. The van der Waals surface area contributed by atoms with Crippen molar-refractivity contribution in [3.05, 3.63) is 68.7 Å². The first-order valence-electron chi connectivity index (χ1n) is 6.45. The molecule has 3 aromatic rings. The molecule has 0 amide bonds. The number of alkyl halides is 1. The molecule has 0 aliphatic rings. The van der Waals surface area contributed by atoms with Crippen LogP contribution in [-0.2, 0) is 5.33 Å². The standard InChI is InChI=1S/C16H12Br2N2O/c1-10-4-2-3-5-14(10)20-15(9-17)19-13-7-6-11(18)8-12(13)16(20)21/h2-8H,9H2,1H3. The summed E-state index contributed by atoms with van der Waals surface area (Å²) in [6.07, 6.45) is 0. The number of nitrogens with zero attached hydrogens (tertiary/aromatic N) is 2. The molecule has 0 saturated carbocycles. The van der Waals surface area contributed by atoms with Crippen LogP contribution in [0.5, 0.6) is 0 Å². The summed E-state index contributed by atoms with van der Waals surface area (Å²) >= 11 is 6.85. The highest BCUT2D eigenvalue weighted by Gasteiger charge is 2.13. The zero-order valence-corrected chi connectivity index (χ0v) is 14.5. The van der Waals surface area contributed by atoms with E-state index >= 15 is 0 Å². The van der Waals surface area contributed by atoms with Crippen LogP contribution in [-0.4, -0.2) is 9.55 Å². The van der Waals surface area contributed by atoms with Gasteiger partial charge in [-0.1, -0.05) is 50.1 Å². The first kappa shape index (κ1) is 14.5. The van der Waals surface area contributed by atoms with Gasteiger partial charge in [-0.3, -0.25) is 9.36 Å². The number of halogens is 2. The molecular weight excluding hydrogens is 396 g/mol. The topological polar surface area (TPSA) is 34.9 Å². The van der Waals surface area contributed by atoms with Crippen LogP contribution in [0.2, 0.25) is 0 Å². The summed E-state index contributed by atoms with van der Waals surface area (Å²) in [5.74, 6) is 0.698. The Morgan fingerprint density at radius 2 is 1.95 bits per heavy atom. The summed E-state index contributed by atoms with van der Waals surface area (Å²) in [4.78, 5) is 17.5.